The van der Waals surface area contributed by atoms with Crippen LogP contribution < -0.4 is 0 Å². The molecule has 0 fully saturated rings. The van der Waals surface area contributed by atoms with Gasteiger partial charge in [-0.1, -0.05) is 41.4 Å². The normalized spacial score (nSPS) is 13.5. The molecule has 0 spiro atoms. The van der Waals surface area contributed by atoms with Crippen molar-refractivity contribution in [1.29, 1.82) is 0 Å². The van der Waals surface area contributed by atoms with Crippen LogP contribution in [0.4, 0.5) is 0 Å². The topological polar surface area (TPSA) is 60.4 Å². The van der Waals surface area contributed by atoms with Gasteiger partial charge in [0, 0.05) is 28.0 Å². The Bertz CT molecular complexity index is 1490. The van der Waals surface area contributed by atoms with Gasteiger partial charge < -0.3 is 8.83 Å². The molecule has 0 saturated carbocycles. The third kappa shape index (κ3) is 2.89. The molecular weight excluding hydrogens is 455 g/mol. The Kier molecular flexibility index (Phi) is 4.02. The van der Waals surface area contributed by atoms with Crippen LogP contribution in [-0.4, -0.2) is 11.6 Å². The smallest absolute Gasteiger partial charge is 0.197 e. The van der Waals surface area contributed by atoms with Crippen LogP contribution in [0.25, 0.3) is 38.0 Å². The van der Waals surface area contributed by atoms with Crippen molar-refractivity contribution in [3.8, 4) is 10.6 Å². The minimum absolute atomic E-state index is 0.00877. The number of hydrogen-bond donors (Lipinski definition) is 0. The maximum absolute atomic E-state index is 12.7. The van der Waals surface area contributed by atoms with Crippen molar-refractivity contribution in [2.24, 2.45) is 0 Å². The largest absolute Gasteiger partial charge is 0.453 e. The van der Waals surface area contributed by atoms with E-state index in [9.17, 15) is 9.59 Å². The van der Waals surface area contributed by atoms with E-state index in [2.05, 4.69) is 18.2 Å². The van der Waals surface area contributed by atoms with Gasteiger partial charge in [-0.15, -0.1) is 11.3 Å². The molecule has 0 bridgehead atoms. The predicted octanol–water partition coefficient (Wildman–Crippen LogP) is 7.68. The van der Waals surface area contributed by atoms with Crippen molar-refractivity contribution in [2.45, 2.75) is 0 Å². The third-order valence-corrected chi connectivity index (χ3v) is 7.07. The molecule has 0 saturated heterocycles. The number of carbonyl (C=O) groups is 2. The first kappa shape index (κ1) is 18.6. The molecule has 6 rings (SSSR count). The standard InChI is InChI=1S/C24H10Cl2O4S/c25-16-8-13-14(9-17(16)26)24(28)15(23(13)27)6-12-7-18-19(29-12)10-20(30-18)22-5-11-3-1-2-4-21(11)31-22/h1-10H. The van der Waals surface area contributed by atoms with Crippen molar-refractivity contribution in [2.75, 3.05) is 0 Å². The fourth-order valence-electron chi connectivity index (χ4n) is 3.74. The lowest BCUT2D eigenvalue weighted by Crippen LogP contribution is -1.99. The van der Waals surface area contributed by atoms with E-state index in [4.69, 9.17) is 32.0 Å². The number of halogens is 2. The quantitative estimate of drug-likeness (QED) is 0.198. The molecule has 0 N–H and O–H groups in total. The van der Waals surface area contributed by atoms with Crippen molar-refractivity contribution in [3.63, 3.8) is 0 Å². The zero-order valence-corrected chi connectivity index (χ0v) is 17.9. The maximum atomic E-state index is 12.7. The van der Waals surface area contributed by atoms with Gasteiger partial charge in [0.2, 0.25) is 0 Å². The van der Waals surface area contributed by atoms with Gasteiger partial charge in [0.25, 0.3) is 0 Å². The summed E-state index contributed by atoms with van der Waals surface area (Å²) in [7, 11) is 0. The zero-order chi connectivity index (χ0) is 21.3. The number of rotatable bonds is 2. The average molecular weight is 465 g/mol. The summed E-state index contributed by atoms with van der Waals surface area (Å²) in [5, 5.41) is 1.61. The highest BCUT2D eigenvalue weighted by atomic mass is 35.5. The Morgan fingerprint density at radius 3 is 2.16 bits per heavy atom. The summed E-state index contributed by atoms with van der Waals surface area (Å²) < 4.78 is 13.0. The molecule has 0 aliphatic heterocycles. The van der Waals surface area contributed by atoms with E-state index in [0.717, 1.165) is 10.3 Å². The molecule has 3 aromatic heterocycles. The Labute approximate surface area is 189 Å². The van der Waals surface area contributed by atoms with Crippen LogP contribution in [0, 0.1) is 0 Å². The Balaban J connectivity index is 1.37. The second kappa shape index (κ2) is 6.69. The van der Waals surface area contributed by atoms with Gasteiger partial charge in [-0.2, -0.15) is 0 Å². The van der Waals surface area contributed by atoms with E-state index < -0.39 is 11.6 Å². The van der Waals surface area contributed by atoms with Gasteiger partial charge in [-0.25, -0.2) is 0 Å². The molecule has 2 aromatic carbocycles. The van der Waals surface area contributed by atoms with Crippen molar-refractivity contribution >= 4 is 73.4 Å². The Hall–Kier alpha value is -3.12. The summed E-state index contributed by atoms with van der Waals surface area (Å²) in [4.78, 5) is 26.4. The van der Waals surface area contributed by atoms with Gasteiger partial charge in [0.05, 0.1) is 20.5 Å². The van der Waals surface area contributed by atoms with Gasteiger partial charge >= 0.3 is 0 Å². The minimum Gasteiger partial charge on any atom is -0.453 e. The van der Waals surface area contributed by atoms with E-state index in [0.29, 0.717) is 22.7 Å². The number of hydrogen-bond acceptors (Lipinski definition) is 5. The number of Topliss-reactive ketones (excluding diaryl/α,β-unsaturated/α-hetero) is 2. The fraction of sp³-hybridized carbons (Fsp3) is 0. The van der Waals surface area contributed by atoms with Crippen molar-refractivity contribution < 1.29 is 18.4 Å². The molecular formula is C24H10Cl2O4S. The minimum atomic E-state index is -0.405. The van der Waals surface area contributed by atoms with Crippen LogP contribution in [0.15, 0.2) is 69.0 Å². The number of fused-ring (bicyclic) bond motifs is 3. The summed E-state index contributed by atoms with van der Waals surface area (Å²) in [6, 6.07) is 16.5. The fourth-order valence-corrected chi connectivity index (χ4v) is 5.08. The SMILES string of the molecule is O=C1C(=Cc2cc3oc(-c4cc5ccccc5s4)cc3o2)C(=O)c2cc(Cl)c(Cl)cc21. The number of thiophene rings is 1. The Morgan fingerprint density at radius 1 is 0.806 bits per heavy atom. The molecule has 3 heterocycles. The molecule has 150 valence electrons. The van der Waals surface area contributed by atoms with Crippen LogP contribution in [0.5, 0.6) is 0 Å². The van der Waals surface area contributed by atoms with E-state index in [1.165, 1.54) is 22.9 Å². The highest BCUT2D eigenvalue weighted by Crippen LogP contribution is 2.38. The monoisotopic (exact) mass is 464 g/mol. The van der Waals surface area contributed by atoms with Crippen LogP contribution in [0.3, 0.4) is 0 Å². The molecule has 1 aliphatic carbocycles. The second-order valence-electron chi connectivity index (χ2n) is 7.16. The van der Waals surface area contributed by atoms with E-state index in [1.807, 2.05) is 18.2 Å². The molecule has 1 aliphatic rings. The zero-order valence-electron chi connectivity index (χ0n) is 15.6. The first-order valence-electron chi connectivity index (χ1n) is 9.30. The number of furan rings is 2. The molecule has 5 aromatic rings. The summed E-state index contributed by atoms with van der Waals surface area (Å²) in [5.41, 5.74) is 1.58. The summed E-state index contributed by atoms with van der Waals surface area (Å²) in [6.07, 6.45) is 1.43. The van der Waals surface area contributed by atoms with Crippen LogP contribution in [-0.2, 0) is 0 Å². The van der Waals surface area contributed by atoms with E-state index in [-0.39, 0.29) is 26.7 Å². The number of carbonyl (C=O) groups excluding carboxylic acids is 2. The summed E-state index contributed by atoms with van der Waals surface area (Å²) >= 11 is 13.6. The highest BCUT2D eigenvalue weighted by Gasteiger charge is 2.34. The predicted molar refractivity (Wildman–Crippen MR) is 122 cm³/mol. The van der Waals surface area contributed by atoms with Crippen LogP contribution in [0.1, 0.15) is 26.5 Å². The van der Waals surface area contributed by atoms with Gasteiger partial charge in [-0.05, 0) is 35.7 Å². The lowest BCUT2D eigenvalue weighted by Gasteiger charge is -1.98. The first-order chi connectivity index (χ1) is 15.0. The second-order valence-corrected chi connectivity index (χ2v) is 9.06. The molecule has 0 amide bonds. The lowest BCUT2D eigenvalue weighted by atomic mass is 10.1. The van der Waals surface area contributed by atoms with Crippen LogP contribution in [0.2, 0.25) is 10.0 Å². The average Bonchev–Trinajstić information content (AvgIpc) is 3.48. The molecule has 0 radical (unpaired) electrons. The number of benzene rings is 2. The molecule has 0 unspecified atom stereocenters. The van der Waals surface area contributed by atoms with Gasteiger partial charge in [0.15, 0.2) is 22.7 Å². The maximum Gasteiger partial charge on any atom is 0.197 e. The van der Waals surface area contributed by atoms with Gasteiger partial charge in [0.1, 0.15) is 11.5 Å². The summed E-state index contributed by atoms with van der Waals surface area (Å²) in [5.74, 6) is 0.257. The van der Waals surface area contributed by atoms with Crippen molar-refractivity contribution in [3.05, 3.63) is 87.1 Å². The van der Waals surface area contributed by atoms with Gasteiger partial charge in [-0.3, -0.25) is 9.59 Å². The molecule has 7 heteroatoms. The molecule has 0 atom stereocenters. The van der Waals surface area contributed by atoms with E-state index in [1.54, 1.807) is 17.4 Å². The lowest BCUT2D eigenvalue weighted by molar-refractivity contribution is 0.0990. The first-order valence-corrected chi connectivity index (χ1v) is 10.9. The highest BCUT2D eigenvalue weighted by molar-refractivity contribution is 7.22. The van der Waals surface area contributed by atoms with Crippen molar-refractivity contribution in [1.82, 2.24) is 0 Å². The molecule has 31 heavy (non-hydrogen) atoms. The molecule has 4 nitrogen and oxygen atoms in total. The van der Waals surface area contributed by atoms with Crippen LogP contribution >= 0.6 is 34.5 Å². The third-order valence-electron chi connectivity index (χ3n) is 5.22. The number of ketones is 2. The Morgan fingerprint density at radius 2 is 1.48 bits per heavy atom. The summed E-state index contributed by atoms with van der Waals surface area (Å²) in [6.45, 7) is 0. The van der Waals surface area contributed by atoms with E-state index >= 15 is 0 Å². The number of allylic oxidation sites excluding steroid dienone is 1.